The number of hydrogen-bond donors (Lipinski definition) is 4. The molecule has 2 heterocycles. The molecule has 4 rings (SSSR count). The summed E-state index contributed by atoms with van der Waals surface area (Å²) in [7, 11) is 1.61. The Hall–Kier alpha value is -3.65. The number of benzene rings is 2. The number of ether oxygens (including phenoxy) is 1. The third-order valence-corrected chi connectivity index (χ3v) is 5.25. The highest BCUT2D eigenvalue weighted by molar-refractivity contribution is 5.90. The number of fused-ring (bicyclic) bond motifs is 6. The molecular weight excluding hydrogens is 404 g/mol. The van der Waals surface area contributed by atoms with Crippen LogP contribution in [0.15, 0.2) is 48.7 Å². The summed E-state index contributed by atoms with van der Waals surface area (Å²) < 4.78 is 5.10. The molecule has 6 bridgehead atoms. The number of carbonyl (C=O) groups excluding carboxylic acids is 1. The largest absolute Gasteiger partial charge is 0.383 e. The Bertz CT molecular complexity index is 1120. The summed E-state index contributed by atoms with van der Waals surface area (Å²) >= 11 is 0. The molecule has 166 valence electrons. The van der Waals surface area contributed by atoms with Crippen molar-refractivity contribution in [2.24, 2.45) is 0 Å². The lowest BCUT2D eigenvalue weighted by molar-refractivity contribution is 0.173. The first-order valence-corrected chi connectivity index (χ1v) is 10.7. The second kappa shape index (κ2) is 9.65. The Morgan fingerprint density at radius 2 is 2.00 bits per heavy atom. The van der Waals surface area contributed by atoms with Crippen molar-refractivity contribution >= 4 is 34.9 Å². The van der Waals surface area contributed by atoms with Gasteiger partial charge in [0, 0.05) is 35.9 Å². The van der Waals surface area contributed by atoms with E-state index in [9.17, 15) is 4.79 Å². The van der Waals surface area contributed by atoms with Gasteiger partial charge in [-0.25, -0.2) is 9.78 Å². The lowest BCUT2D eigenvalue weighted by Crippen LogP contribution is -2.38. The van der Waals surface area contributed by atoms with Crippen molar-refractivity contribution in [2.75, 3.05) is 29.7 Å². The first-order valence-electron chi connectivity index (χ1n) is 10.7. The Labute approximate surface area is 187 Å². The highest BCUT2D eigenvalue weighted by Gasteiger charge is 2.13. The maximum absolute atomic E-state index is 12.5. The number of aryl methyl sites for hydroxylation is 3. The van der Waals surface area contributed by atoms with Crippen molar-refractivity contribution in [3.05, 3.63) is 65.4 Å². The number of hydrogen-bond acceptors (Lipinski definition) is 6. The standard InChI is InChI=1S/C24H28N6O2/c1-15-13-25-23-28-19-6-4-5-17(11-19)7-8-18-12-20(27-22(15)30-23)9-10-21(18)29-24(31)26-16(2)14-32-3/h4-6,9-13,16H,7-8,14H2,1-3H3,(H2,26,29,31)(H2,25,27,28,30). The number of methoxy groups -OCH3 is 1. The van der Waals surface area contributed by atoms with E-state index in [1.54, 1.807) is 13.3 Å². The van der Waals surface area contributed by atoms with Crippen molar-refractivity contribution < 1.29 is 9.53 Å². The van der Waals surface area contributed by atoms with Crippen LogP contribution in [0.2, 0.25) is 0 Å². The second-order valence-corrected chi connectivity index (χ2v) is 8.00. The van der Waals surface area contributed by atoms with Crippen molar-refractivity contribution in [1.82, 2.24) is 15.3 Å². The Morgan fingerprint density at radius 1 is 1.16 bits per heavy atom. The smallest absolute Gasteiger partial charge is 0.319 e. The van der Waals surface area contributed by atoms with Gasteiger partial charge in [0.25, 0.3) is 0 Å². The molecule has 0 aliphatic carbocycles. The summed E-state index contributed by atoms with van der Waals surface area (Å²) in [5.74, 6) is 1.27. The highest BCUT2D eigenvalue weighted by atomic mass is 16.5. The maximum atomic E-state index is 12.5. The number of carbonyl (C=O) groups is 1. The molecule has 2 aromatic carbocycles. The Balaban J connectivity index is 1.66. The average molecular weight is 433 g/mol. The summed E-state index contributed by atoms with van der Waals surface area (Å²) in [4.78, 5) is 21.5. The van der Waals surface area contributed by atoms with Gasteiger partial charge in [0.1, 0.15) is 5.82 Å². The predicted molar refractivity (Wildman–Crippen MR) is 127 cm³/mol. The average Bonchev–Trinajstić information content (AvgIpc) is 2.76. The molecule has 0 spiro atoms. The molecule has 1 aliphatic heterocycles. The van der Waals surface area contributed by atoms with Gasteiger partial charge in [0.05, 0.1) is 12.6 Å². The van der Waals surface area contributed by atoms with Gasteiger partial charge in [-0.05, 0) is 68.1 Å². The minimum Gasteiger partial charge on any atom is -0.383 e. The summed E-state index contributed by atoms with van der Waals surface area (Å²) in [5, 5.41) is 12.6. The van der Waals surface area contributed by atoms with Gasteiger partial charge in [0.15, 0.2) is 0 Å². The van der Waals surface area contributed by atoms with Gasteiger partial charge >= 0.3 is 6.03 Å². The molecule has 8 heteroatoms. The monoisotopic (exact) mass is 432 g/mol. The summed E-state index contributed by atoms with van der Waals surface area (Å²) in [6.07, 6.45) is 3.39. The number of rotatable bonds is 4. The molecule has 1 aliphatic rings. The van der Waals surface area contributed by atoms with Gasteiger partial charge in [-0.15, -0.1) is 0 Å². The van der Waals surface area contributed by atoms with E-state index in [0.717, 1.165) is 46.8 Å². The SMILES string of the molecule is COCC(C)NC(=O)Nc1ccc2cc1CCc1cccc(c1)Nc1ncc(C)c(n1)N2. The lowest BCUT2D eigenvalue weighted by Gasteiger charge is -2.17. The summed E-state index contributed by atoms with van der Waals surface area (Å²) in [6.45, 7) is 4.32. The zero-order valence-electron chi connectivity index (χ0n) is 18.5. The normalized spacial score (nSPS) is 13.3. The van der Waals surface area contributed by atoms with Gasteiger partial charge in [-0.2, -0.15) is 4.98 Å². The highest BCUT2D eigenvalue weighted by Crippen LogP contribution is 2.27. The summed E-state index contributed by atoms with van der Waals surface area (Å²) in [5.41, 5.74) is 5.78. The first-order chi connectivity index (χ1) is 15.5. The van der Waals surface area contributed by atoms with Crippen LogP contribution in [-0.4, -0.2) is 35.8 Å². The number of aromatic nitrogens is 2. The fourth-order valence-corrected chi connectivity index (χ4v) is 3.65. The fraction of sp³-hybridized carbons (Fsp3) is 0.292. The Kier molecular flexibility index (Phi) is 6.51. The minimum absolute atomic E-state index is 0.0869. The molecule has 1 aromatic heterocycles. The minimum atomic E-state index is -0.253. The van der Waals surface area contributed by atoms with E-state index in [1.807, 2.05) is 38.1 Å². The van der Waals surface area contributed by atoms with Crippen molar-refractivity contribution in [3.8, 4) is 0 Å². The summed E-state index contributed by atoms with van der Waals surface area (Å²) in [6, 6.07) is 13.8. The van der Waals surface area contributed by atoms with Crippen molar-refractivity contribution in [2.45, 2.75) is 32.7 Å². The third-order valence-electron chi connectivity index (χ3n) is 5.25. The first kappa shape index (κ1) is 21.6. The zero-order valence-corrected chi connectivity index (χ0v) is 18.5. The number of anilines is 5. The van der Waals surface area contributed by atoms with E-state index in [4.69, 9.17) is 4.74 Å². The van der Waals surface area contributed by atoms with E-state index in [1.165, 1.54) is 5.56 Å². The van der Waals surface area contributed by atoms with E-state index in [-0.39, 0.29) is 12.1 Å². The van der Waals surface area contributed by atoms with Crippen LogP contribution >= 0.6 is 0 Å². The fourth-order valence-electron chi connectivity index (χ4n) is 3.65. The van der Waals surface area contributed by atoms with Crippen LogP contribution in [0.3, 0.4) is 0 Å². The topological polar surface area (TPSA) is 100 Å². The third kappa shape index (κ3) is 5.33. The lowest BCUT2D eigenvalue weighted by atomic mass is 10.0. The van der Waals surface area contributed by atoms with Gasteiger partial charge < -0.3 is 26.0 Å². The number of urea groups is 1. The van der Waals surface area contributed by atoms with Gasteiger partial charge in [0.2, 0.25) is 5.95 Å². The molecule has 32 heavy (non-hydrogen) atoms. The molecule has 0 saturated heterocycles. The molecule has 4 N–H and O–H groups in total. The van der Waals surface area contributed by atoms with Crippen LogP contribution in [0.5, 0.6) is 0 Å². The number of amides is 2. The van der Waals surface area contributed by atoms with Crippen LogP contribution < -0.4 is 21.3 Å². The molecule has 1 unspecified atom stereocenters. The van der Waals surface area contributed by atoms with E-state index in [0.29, 0.717) is 12.6 Å². The molecular formula is C24H28N6O2. The van der Waals surface area contributed by atoms with Crippen LogP contribution in [-0.2, 0) is 17.6 Å². The van der Waals surface area contributed by atoms with E-state index >= 15 is 0 Å². The molecule has 8 nitrogen and oxygen atoms in total. The predicted octanol–water partition coefficient (Wildman–Crippen LogP) is 4.53. The van der Waals surface area contributed by atoms with E-state index in [2.05, 4.69) is 49.4 Å². The van der Waals surface area contributed by atoms with Gasteiger partial charge in [-0.3, -0.25) is 0 Å². The zero-order chi connectivity index (χ0) is 22.5. The molecule has 0 radical (unpaired) electrons. The number of nitrogens with zero attached hydrogens (tertiary/aromatic N) is 2. The van der Waals surface area contributed by atoms with E-state index < -0.39 is 0 Å². The van der Waals surface area contributed by atoms with Crippen LogP contribution in [0, 0.1) is 6.92 Å². The number of nitrogens with one attached hydrogen (secondary N) is 4. The quantitative estimate of drug-likeness (QED) is 0.483. The molecule has 0 fully saturated rings. The second-order valence-electron chi connectivity index (χ2n) is 8.00. The van der Waals surface area contributed by atoms with Crippen LogP contribution in [0.25, 0.3) is 0 Å². The van der Waals surface area contributed by atoms with Crippen LogP contribution in [0.4, 0.5) is 33.6 Å². The molecule has 0 saturated carbocycles. The molecule has 3 aromatic rings. The van der Waals surface area contributed by atoms with Crippen LogP contribution in [0.1, 0.15) is 23.6 Å². The molecule has 1 atom stereocenters. The Morgan fingerprint density at radius 3 is 2.84 bits per heavy atom. The van der Waals surface area contributed by atoms with Gasteiger partial charge in [-0.1, -0.05) is 12.1 Å². The molecule has 2 amide bonds. The van der Waals surface area contributed by atoms with Crippen molar-refractivity contribution in [3.63, 3.8) is 0 Å². The van der Waals surface area contributed by atoms with Crippen molar-refractivity contribution in [1.29, 1.82) is 0 Å². The maximum Gasteiger partial charge on any atom is 0.319 e.